The number of nitrogens with one attached hydrogen (secondary N) is 3. The van der Waals surface area contributed by atoms with E-state index in [-0.39, 0.29) is 36.1 Å². The summed E-state index contributed by atoms with van der Waals surface area (Å²) >= 11 is 1.65. The van der Waals surface area contributed by atoms with Crippen molar-refractivity contribution in [1.82, 2.24) is 35.4 Å². The number of hydrogen-bond donors (Lipinski definition) is 3. The number of carbonyl (C=O) groups is 1. The first kappa shape index (κ1) is 28.6. The number of piperazine rings is 1. The van der Waals surface area contributed by atoms with Gasteiger partial charge in [-0.25, -0.2) is 8.78 Å². The summed E-state index contributed by atoms with van der Waals surface area (Å²) in [7, 11) is 0. The number of halogens is 2. The zero-order chi connectivity index (χ0) is 28.6. The Hall–Kier alpha value is -3.91. The Morgan fingerprint density at radius 1 is 1.22 bits per heavy atom. The quantitative estimate of drug-likeness (QED) is 0.232. The normalized spacial score (nSPS) is 16.1. The highest BCUT2D eigenvalue weighted by atomic mass is 32.2. The van der Waals surface area contributed by atoms with Gasteiger partial charge in [-0.05, 0) is 31.0 Å². The molecule has 2 aliphatic rings. The smallest absolute Gasteiger partial charge is 0.243 e. The number of rotatable bonds is 11. The lowest BCUT2D eigenvalue weighted by molar-refractivity contribution is -0.130. The van der Waals surface area contributed by atoms with Gasteiger partial charge in [-0.3, -0.25) is 19.8 Å². The van der Waals surface area contributed by atoms with Crippen molar-refractivity contribution >= 4 is 29.6 Å². The van der Waals surface area contributed by atoms with Gasteiger partial charge in [0.1, 0.15) is 24.7 Å². The molecule has 11 nitrogen and oxygen atoms in total. The van der Waals surface area contributed by atoms with Gasteiger partial charge in [0, 0.05) is 55.5 Å². The average Bonchev–Trinajstić information content (AvgIpc) is 3.67. The summed E-state index contributed by atoms with van der Waals surface area (Å²) in [6.45, 7) is 2.31. The van der Waals surface area contributed by atoms with Gasteiger partial charge < -0.3 is 20.4 Å². The van der Waals surface area contributed by atoms with Crippen molar-refractivity contribution in [3.63, 3.8) is 0 Å². The number of hydrazone groups is 1. The van der Waals surface area contributed by atoms with Crippen LogP contribution in [0.2, 0.25) is 0 Å². The molecular formula is C27H31F2N9O2S. The van der Waals surface area contributed by atoms with Crippen LogP contribution in [0.25, 0.3) is 5.69 Å². The summed E-state index contributed by atoms with van der Waals surface area (Å²) in [5, 5.41) is 24.5. The Morgan fingerprint density at radius 2 is 2.02 bits per heavy atom. The van der Waals surface area contributed by atoms with E-state index in [2.05, 4.69) is 31.0 Å². The molecule has 1 saturated carbocycles. The summed E-state index contributed by atoms with van der Waals surface area (Å²) in [5.41, 5.74) is 2.92. The number of carbonyl (C=O) groups excluding carboxylic acids is 1. The molecule has 2 aromatic heterocycles. The largest absolute Gasteiger partial charge is 0.482 e. The predicted octanol–water partition coefficient (Wildman–Crippen LogP) is 2.93. The van der Waals surface area contributed by atoms with E-state index in [1.165, 1.54) is 12.8 Å². The topological polar surface area (TPSA) is 133 Å². The Balaban J connectivity index is 1.28. The SMILES string of the molecule is N=C/C(=N\NCC(=O)N1CCNCC1)c1cc(F)c(OCc2nnc(SC3CCCC3)n2-c2cccnc2)cc1F. The Morgan fingerprint density at radius 3 is 2.76 bits per heavy atom. The lowest BCUT2D eigenvalue weighted by Crippen LogP contribution is -2.48. The average molecular weight is 584 g/mol. The Labute approximate surface area is 240 Å². The van der Waals surface area contributed by atoms with Crippen LogP contribution in [0.4, 0.5) is 8.78 Å². The minimum atomic E-state index is -0.833. The molecule has 1 aromatic carbocycles. The van der Waals surface area contributed by atoms with Crippen molar-refractivity contribution in [2.24, 2.45) is 5.10 Å². The van der Waals surface area contributed by atoms with E-state index in [0.717, 1.165) is 36.9 Å². The van der Waals surface area contributed by atoms with Gasteiger partial charge in [0.25, 0.3) is 0 Å². The van der Waals surface area contributed by atoms with Crippen molar-refractivity contribution in [2.45, 2.75) is 42.7 Å². The molecular weight excluding hydrogens is 552 g/mol. The minimum absolute atomic E-state index is 0.124. The first-order valence-electron chi connectivity index (χ1n) is 13.5. The van der Waals surface area contributed by atoms with Crippen LogP contribution in [0.15, 0.2) is 46.9 Å². The van der Waals surface area contributed by atoms with Gasteiger partial charge in [0.05, 0.1) is 11.9 Å². The third kappa shape index (κ3) is 7.06. The molecule has 1 aliphatic carbocycles. The van der Waals surface area contributed by atoms with Crippen LogP contribution in [0.1, 0.15) is 37.1 Å². The number of aromatic nitrogens is 4. The van der Waals surface area contributed by atoms with Gasteiger partial charge >= 0.3 is 0 Å². The van der Waals surface area contributed by atoms with Crippen molar-refractivity contribution in [1.29, 1.82) is 5.41 Å². The summed E-state index contributed by atoms with van der Waals surface area (Å²) in [4.78, 5) is 18.2. The third-order valence-corrected chi connectivity index (χ3v) is 8.15. The van der Waals surface area contributed by atoms with Crippen molar-refractivity contribution in [3.05, 3.63) is 59.7 Å². The number of benzene rings is 1. The molecule has 14 heteroatoms. The van der Waals surface area contributed by atoms with E-state index in [0.29, 0.717) is 42.4 Å². The number of amides is 1. The maximum Gasteiger partial charge on any atom is 0.243 e. The Kier molecular flexibility index (Phi) is 9.51. The monoisotopic (exact) mass is 583 g/mol. The molecule has 2 fully saturated rings. The van der Waals surface area contributed by atoms with Crippen LogP contribution < -0.4 is 15.5 Å². The van der Waals surface area contributed by atoms with Gasteiger partial charge in [-0.1, -0.05) is 24.6 Å². The highest BCUT2D eigenvalue weighted by molar-refractivity contribution is 7.99. The van der Waals surface area contributed by atoms with E-state index in [9.17, 15) is 4.79 Å². The molecule has 0 atom stereocenters. The van der Waals surface area contributed by atoms with E-state index in [4.69, 9.17) is 10.1 Å². The van der Waals surface area contributed by atoms with Crippen molar-refractivity contribution < 1.29 is 18.3 Å². The van der Waals surface area contributed by atoms with Crippen LogP contribution in [0.5, 0.6) is 5.75 Å². The molecule has 0 spiro atoms. The van der Waals surface area contributed by atoms with E-state index >= 15 is 8.78 Å². The molecule has 1 saturated heterocycles. The molecule has 0 bridgehead atoms. The summed E-state index contributed by atoms with van der Waals surface area (Å²) in [6.07, 6.45) is 8.73. The van der Waals surface area contributed by atoms with Crippen LogP contribution in [0.3, 0.4) is 0 Å². The maximum atomic E-state index is 15.1. The fourth-order valence-corrected chi connectivity index (χ4v) is 6.01. The van der Waals surface area contributed by atoms with Crippen LogP contribution in [0, 0.1) is 17.0 Å². The number of ether oxygens (including phenoxy) is 1. The molecule has 216 valence electrons. The molecule has 3 heterocycles. The summed E-state index contributed by atoms with van der Waals surface area (Å²) in [6, 6.07) is 5.50. The molecule has 5 rings (SSSR count). The Bertz CT molecular complexity index is 1390. The second kappa shape index (κ2) is 13.6. The molecule has 0 radical (unpaired) electrons. The fraction of sp³-hybridized carbons (Fsp3) is 0.407. The van der Waals surface area contributed by atoms with Crippen LogP contribution in [-0.4, -0.2) is 80.5 Å². The third-order valence-electron chi connectivity index (χ3n) is 6.87. The predicted molar refractivity (Wildman–Crippen MR) is 151 cm³/mol. The highest BCUT2D eigenvalue weighted by Gasteiger charge is 2.23. The standard InChI is InChI=1S/C27H31F2N9O2S/c28-21-13-24(22(29)12-20(21)23(14-30)34-33-16-26(39)37-10-8-31-9-11-37)40-17-25-35-36-27(41-19-5-1-2-6-19)38(25)18-4-3-7-32-15-18/h3-4,7,12-15,19,30-31,33H,1-2,5-6,8-11,16-17H2/b30-14?,34-23+. The zero-order valence-corrected chi connectivity index (χ0v) is 23.2. The number of pyridine rings is 1. The molecule has 1 amide bonds. The second-order valence-electron chi connectivity index (χ2n) is 9.63. The van der Waals surface area contributed by atoms with Crippen LogP contribution >= 0.6 is 11.8 Å². The fourth-order valence-electron chi connectivity index (χ4n) is 4.74. The van der Waals surface area contributed by atoms with Gasteiger partial charge in [0.15, 0.2) is 22.5 Å². The van der Waals surface area contributed by atoms with Crippen LogP contribution in [-0.2, 0) is 11.4 Å². The van der Waals surface area contributed by atoms with Crippen molar-refractivity contribution in [2.75, 3.05) is 32.7 Å². The first-order chi connectivity index (χ1) is 20.0. The molecule has 41 heavy (non-hydrogen) atoms. The van der Waals surface area contributed by atoms with E-state index in [1.54, 1.807) is 35.1 Å². The minimum Gasteiger partial charge on any atom is -0.482 e. The lowest BCUT2D eigenvalue weighted by atomic mass is 10.1. The number of nitrogens with zero attached hydrogens (tertiary/aromatic N) is 6. The maximum absolute atomic E-state index is 15.1. The molecule has 3 N–H and O–H groups in total. The number of hydrogen-bond acceptors (Lipinski definition) is 10. The molecule has 1 aliphatic heterocycles. The van der Waals surface area contributed by atoms with E-state index in [1.807, 2.05) is 10.6 Å². The lowest BCUT2D eigenvalue weighted by Gasteiger charge is -2.27. The molecule has 0 unspecified atom stereocenters. The summed E-state index contributed by atoms with van der Waals surface area (Å²) < 4.78 is 37.6. The van der Waals surface area contributed by atoms with Gasteiger partial charge in [-0.15, -0.1) is 10.2 Å². The highest BCUT2D eigenvalue weighted by Crippen LogP contribution is 2.35. The number of thioether (sulfide) groups is 1. The first-order valence-corrected chi connectivity index (χ1v) is 14.3. The summed E-state index contributed by atoms with van der Waals surface area (Å²) in [5.74, 6) is -1.73. The van der Waals surface area contributed by atoms with Crippen molar-refractivity contribution in [3.8, 4) is 11.4 Å². The second-order valence-corrected chi connectivity index (χ2v) is 10.9. The molecule has 3 aromatic rings. The van der Waals surface area contributed by atoms with E-state index < -0.39 is 11.6 Å². The van der Waals surface area contributed by atoms with Gasteiger partial charge in [0.2, 0.25) is 5.91 Å². The van der Waals surface area contributed by atoms with Gasteiger partial charge in [-0.2, -0.15) is 5.10 Å². The zero-order valence-electron chi connectivity index (χ0n) is 22.4.